The number of fused-ring (bicyclic) bond motifs is 2. The van der Waals surface area contributed by atoms with Gasteiger partial charge < -0.3 is 15.3 Å². The van der Waals surface area contributed by atoms with Crippen LogP contribution in [0.3, 0.4) is 0 Å². The number of carbonyl (C=O) groups excluding carboxylic acids is 1. The minimum Gasteiger partial charge on any atom is -0.481 e. The molecule has 3 rings (SSSR count). The number of urea groups is 1. The molecule has 3 fully saturated rings. The van der Waals surface area contributed by atoms with Crippen molar-refractivity contribution in [3.8, 4) is 0 Å². The third-order valence-corrected chi connectivity index (χ3v) is 5.45. The summed E-state index contributed by atoms with van der Waals surface area (Å²) in [6.07, 6.45) is 8.08. The third kappa shape index (κ3) is 2.27. The summed E-state index contributed by atoms with van der Waals surface area (Å²) >= 11 is 0. The number of carboxylic acids is 1. The first kappa shape index (κ1) is 13.7. The fourth-order valence-corrected chi connectivity index (χ4v) is 4.35. The van der Waals surface area contributed by atoms with Crippen LogP contribution in [0.15, 0.2) is 0 Å². The van der Waals surface area contributed by atoms with Crippen LogP contribution < -0.4 is 5.32 Å². The van der Waals surface area contributed by atoms with Crippen molar-refractivity contribution in [2.24, 2.45) is 5.92 Å². The van der Waals surface area contributed by atoms with Crippen molar-refractivity contribution < 1.29 is 14.7 Å². The molecule has 20 heavy (non-hydrogen) atoms. The summed E-state index contributed by atoms with van der Waals surface area (Å²) in [6.45, 7) is 2.12. The Kier molecular flexibility index (Phi) is 3.38. The lowest BCUT2D eigenvalue weighted by molar-refractivity contribution is -0.142. The number of amides is 2. The van der Waals surface area contributed by atoms with E-state index >= 15 is 0 Å². The van der Waals surface area contributed by atoms with Gasteiger partial charge in [-0.3, -0.25) is 4.79 Å². The zero-order valence-electron chi connectivity index (χ0n) is 12.1. The Balaban J connectivity index is 1.67. The Labute approximate surface area is 119 Å². The summed E-state index contributed by atoms with van der Waals surface area (Å²) in [5, 5.41) is 12.4. The predicted molar refractivity (Wildman–Crippen MR) is 74.4 cm³/mol. The lowest BCUT2D eigenvalue weighted by Gasteiger charge is -2.37. The standard InChI is InChI=1S/C15H24N2O3/c1-15(7-3-2-4-8-15)16-14(20)17-10-5-6-12(17)11(9-10)13(18)19/h10-12H,2-9H2,1H3,(H,16,20)(H,18,19). The lowest BCUT2D eigenvalue weighted by Crippen LogP contribution is -2.54. The maximum atomic E-state index is 12.6. The van der Waals surface area contributed by atoms with E-state index in [4.69, 9.17) is 0 Å². The van der Waals surface area contributed by atoms with E-state index in [1.54, 1.807) is 0 Å². The Morgan fingerprint density at radius 3 is 2.50 bits per heavy atom. The smallest absolute Gasteiger partial charge is 0.318 e. The van der Waals surface area contributed by atoms with Gasteiger partial charge in [0.15, 0.2) is 0 Å². The molecule has 0 aromatic rings. The van der Waals surface area contributed by atoms with Crippen molar-refractivity contribution in [3.05, 3.63) is 0 Å². The minimum atomic E-state index is -0.751. The second-order valence-electron chi connectivity index (χ2n) is 6.94. The molecule has 0 spiro atoms. The molecule has 5 nitrogen and oxygen atoms in total. The van der Waals surface area contributed by atoms with Gasteiger partial charge >= 0.3 is 12.0 Å². The van der Waals surface area contributed by atoms with Crippen LogP contribution in [0.4, 0.5) is 4.79 Å². The normalized spacial score (nSPS) is 35.0. The van der Waals surface area contributed by atoms with Crippen LogP contribution in [-0.4, -0.2) is 39.6 Å². The van der Waals surface area contributed by atoms with Crippen LogP contribution >= 0.6 is 0 Å². The van der Waals surface area contributed by atoms with Crippen LogP contribution in [0.1, 0.15) is 58.3 Å². The largest absolute Gasteiger partial charge is 0.481 e. The van der Waals surface area contributed by atoms with Crippen molar-refractivity contribution in [1.82, 2.24) is 10.2 Å². The zero-order valence-corrected chi connectivity index (χ0v) is 12.1. The molecule has 2 heterocycles. The molecule has 112 valence electrons. The number of nitrogens with one attached hydrogen (secondary N) is 1. The topological polar surface area (TPSA) is 69.6 Å². The SMILES string of the molecule is CC1(NC(=O)N2C3CCC2C(C(=O)O)C3)CCCCC1. The Hall–Kier alpha value is -1.26. The van der Waals surface area contributed by atoms with Gasteiger partial charge in [0, 0.05) is 17.6 Å². The van der Waals surface area contributed by atoms with Crippen LogP contribution in [0.2, 0.25) is 0 Å². The highest BCUT2D eigenvalue weighted by atomic mass is 16.4. The van der Waals surface area contributed by atoms with E-state index in [-0.39, 0.29) is 29.6 Å². The molecule has 3 unspecified atom stereocenters. The molecule has 3 atom stereocenters. The van der Waals surface area contributed by atoms with Crippen molar-refractivity contribution in [2.75, 3.05) is 0 Å². The first-order valence-electron chi connectivity index (χ1n) is 7.83. The van der Waals surface area contributed by atoms with Gasteiger partial charge in [-0.2, -0.15) is 0 Å². The summed E-state index contributed by atoms with van der Waals surface area (Å²) in [4.78, 5) is 25.7. The van der Waals surface area contributed by atoms with E-state index in [9.17, 15) is 14.7 Å². The Morgan fingerprint density at radius 2 is 1.90 bits per heavy atom. The highest BCUT2D eigenvalue weighted by Gasteiger charge is 2.52. The quantitative estimate of drug-likeness (QED) is 0.815. The summed E-state index contributed by atoms with van der Waals surface area (Å²) in [6, 6.07) is 0.00336. The van der Waals surface area contributed by atoms with Crippen LogP contribution in [0, 0.1) is 5.92 Å². The molecular weight excluding hydrogens is 256 g/mol. The second-order valence-corrected chi connectivity index (χ2v) is 6.94. The number of hydrogen-bond donors (Lipinski definition) is 2. The molecule has 2 saturated heterocycles. The molecule has 2 N–H and O–H groups in total. The maximum Gasteiger partial charge on any atom is 0.318 e. The van der Waals surface area contributed by atoms with E-state index in [1.807, 2.05) is 4.90 Å². The number of aliphatic carboxylic acids is 1. The molecule has 1 aliphatic carbocycles. The highest BCUT2D eigenvalue weighted by Crippen LogP contribution is 2.42. The average molecular weight is 280 g/mol. The van der Waals surface area contributed by atoms with E-state index in [0.29, 0.717) is 6.42 Å². The fourth-order valence-electron chi connectivity index (χ4n) is 4.35. The molecule has 3 aliphatic rings. The second kappa shape index (κ2) is 4.93. The molecule has 0 aromatic heterocycles. The summed E-state index contributed by atoms with van der Waals surface area (Å²) in [5.74, 6) is -1.11. The monoisotopic (exact) mass is 280 g/mol. The maximum absolute atomic E-state index is 12.6. The molecule has 2 amide bonds. The molecule has 5 heteroatoms. The summed E-state index contributed by atoms with van der Waals surface area (Å²) in [7, 11) is 0. The van der Waals surface area contributed by atoms with Crippen molar-refractivity contribution >= 4 is 12.0 Å². The van der Waals surface area contributed by atoms with Crippen LogP contribution in [0.5, 0.6) is 0 Å². The lowest BCUT2D eigenvalue weighted by atomic mass is 9.83. The number of carboxylic acid groups (broad SMARTS) is 1. The molecule has 0 aromatic carbocycles. The molecule has 1 saturated carbocycles. The van der Waals surface area contributed by atoms with Gasteiger partial charge in [-0.1, -0.05) is 19.3 Å². The zero-order chi connectivity index (χ0) is 14.3. The van der Waals surface area contributed by atoms with Gasteiger partial charge in [-0.25, -0.2) is 4.79 Å². The minimum absolute atomic E-state index is 0.0364. The van der Waals surface area contributed by atoms with Gasteiger partial charge in [-0.05, 0) is 39.0 Å². The number of carbonyl (C=O) groups is 2. The fraction of sp³-hybridized carbons (Fsp3) is 0.867. The Bertz CT molecular complexity index is 417. The van der Waals surface area contributed by atoms with Gasteiger partial charge in [0.2, 0.25) is 0 Å². The number of nitrogens with zero attached hydrogens (tertiary/aromatic N) is 1. The van der Waals surface area contributed by atoms with Gasteiger partial charge in [-0.15, -0.1) is 0 Å². The van der Waals surface area contributed by atoms with Crippen molar-refractivity contribution in [1.29, 1.82) is 0 Å². The first-order chi connectivity index (χ1) is 9.50. The van der Waals surface area contributed by atoms with Crippen molar-refractivity contribution in [3.63, 3.8) is 0 Å². The summed E-state index contributed by atoms with van der Waals surface area (Å²) in [5.41, 5.74) is -0.101. The Morgan fingerprint density at radius 1 is 1.20 bits per heavy atom. The van der Waals surface area contributed by atoms with Gasteiger partial charge in [0.25, 0.3) is 0 Å². The third-order valence-electron chi connectivity index (χ3n) is 5.45. The molecular formula is C15H24N2O3. The van der Waals surface area contributed by atoms with Gasteiger partial charge in [0.05, 0.1) is 5.92 Å². The van der Waals surface area contributed by atoms with E-state index in [2.05, 4.69) is 12.2 Å². The van der Waals surface area contributed by atoms with Gasteiger partial charge in [0.1, 0.15) is 0 Å². The summed E-state index contributed by atoms with van der Waals surface area (Å²) < 4.78 is 0. The molecule has 0 radical (unpaired) electrons. The first-order valence-corrected chi connectivity index (χ1v) is 7.83. The molecule has 2 aliphatic heterocycles. The predicted octanol–water partition coefficient (Wildman–Crippen LogP) is 2.36. The molecule has 2 bridgehead atoms. The van der Waals surface area contributed by atoms with Crippen LogP contribution in [-0.2, 0) is 4.79 Å². The number of rotatable bonds is 2. The van der Waals surface area contributed by atoms with E-state index in [1.165, 1.54) is 19.3 Å². The number of hydrogen-bond acceptors (Lipinski definition) is 2. The van der Waals surface area contributed by atoms with E-state index in [0.717, 1.165) is 25.7 Å². The average Bonchev–Trinajstić information content (AvgIpc) is 2.96. The van der Waals surface area contributed by atoms with E-state index < -0.39 is 5.97 Å². The van der Waals surface area contributed by atoms with Crippen LogP contribution in [0.25, 0.3) is 0 Å². The van der Waals surface area contributed by atoms with Crippen molar-refractivity contribution in [2.45, 2.75) is 75.9 Å². The highest BCUT2D eigenvalue weighted by molar-refractivity contribution is 5.79.